The van der Waals surface area contributed by atoms with Crippen molar-refractivity contribution >= 4 is 18.2 Å². The number of aromatic nitrogens is 3. The van der Waals surface area contributed by atoms with Crippen LogP contribution in [-0.4, -0.2) is 28.4 Å². The fourth-order valence-corrected chi connectivity index (χ4v) is 4.18. The first-order valence-corrected chi connectivity index (χ1v) is 7.46. The molecule has 0 spiro atoms. The summed E-state index contributed by atoms with van der Waals surface area (Å²) in [6.07, 6.45) is 5.81. The van der Waals surface area contributed by atoms with Gasteiger partial charge in [-0.2, -0.15) is 0 Å². The highest BCUT2D eigenvalue weighted by Gasteiger charge is 2.39. The number of anilines is 1. The molecule has 4 nitrogen and oxygen atoms in total. The van der Waals surface area contributed by atoms with Gasteiger partial charge in [-0.1, -0.05) is 6.42 Å². The third-order valence-electron chi connectivity index (χ3n) is 4.79. The first-order valence-electron chi connectivity index (χ1n) is 7.05. The Labute approximate surface area is 113 Å². The molecule has 5 heteroatoms. The third kappa shape index (κ3) is 1.98. The molecule has 0 radical (unpaired) electrons. The van der Waals surface area contributed by atoms with Crippen LogP contribution in [0.2, 0.25) is 0 Å². The van der Waals surface area contributed by atoms with Crippen LogP contribution in [0, 0.1) is 22.5 Å². The minimum atomic E-state index is 0.729. The number of nitrogens with one attached hydrogen (secondary N) is 1. The van der Waals surface area contributed by atoms with E-state index in [9.17, 15) is 0 Å². The average molecular weight is 266 g/mol. The summed E-state index contributed by atoms with van der Waals surface area (Å²) in [5.41, 5.74) is 0. The van der Waals surface area contributed by atoms with Crippen molar-refractivity contribution in [2.75, 3.05) is 18.5 Å². The van der Waals surface area contributed by atoms with Gasteiger partial charge in [0.1, 0.15) is 0 Å². The van der Waals surface area contributed by atoms with Gasteiger partial charge in [0.05, 0.1) is 0 Å². The monoisotopic (exact) mass is 266 g/mol. The highest BCUT2D eigenvalue weighted by atomic mass is 32.1. The third-order valence-corrected chi connectivity index (χ3v) is 5.10. The topological polar surface area (TPSA) is 36.9 Å². The van der Waals surface area contributed by atoms with Gasteiger partial charge in [0.25, 0.3) is 0 Å². The van der Waals surface area contributed by atoms with E-state index in [0.717, 1.165) is 41.6 Å². The van der Waals surface area contributed by atoms with Crippen molar-refractivity contribution in [1.29, 1.82) is 0 Å². The number of aromatic amines is 1. The van der Waals surface area contributed by atoms with Crippen molar-refractivity contribution < 1.29 is 0 Å². The quantitative estimate of drug-likeness (QED) is 0.851. The van der Waals surface area contributed by atoms with Crippen LogP contribution < -0.4 is 4.90 Å². The standard InChI is InChI=1S/C13H22N4S/c1-3-17-12(14-15-13(17)18)16(2)8-11-7-9-4-5-10(11)6-9/h9-11H,3-8H2,1-2H3,(H,15,18). The Morgan fingerprint density at radius 1 is 1.44 bits per heavy atom. The van der Waals surface area contributed by atoms with E-state index >= 15 is 0 Å². The second-order valence-electron chi connectivity index (χ2n) is 5.89. The molecule has 0 amide bonds. The molecule has 3 unspecified atom stereocenters. The molecule has 0 saturated heterocycles. The second kappa shape index (κ2) is 4.68. The Balaban J connectivity index is 1.71. The van der Waals surface area contributed by atoms with Gasteiger partial charge in [-0.15, -0.1) is 5.10 Å². The van der Waals surface area contributed by atoms with E-state index in [4.69, 9.17) is 12.2 Å². The molecule has 2 saturated carbocycles. The van der Waals surface area contributed by atoms with Crippen molar-refractivity contribution in [3.05, 3.63) is 4.77 Å². The van der Waals surface area contributed by atoms with E-state index in [2.05, 4.69) is 33.6 Å². The first-order chi connectivity index (χ1) is 8.69. The number of hydrogen-bond donors (Lipinski definition) is 1. The molecule has 3 atom stereocenters. The summed E-state index contributed by atoms with van der Waals surface area (Å²) in [6, 6.07) is 0. The van der Waals surface area contributed by atoms with Crippen LogP contribution in [0.5, 0.6) is 0 Å². The average Bonchev–Trinajstić information content (AvgIpc) is 3.03. The van der Waals surface area contributed by atoms with E-state index < -0.39 is 0 Å². The maximum Gasteiger partial charge on any atom is 0.225 e. The van der Waals surface area contributed by atoms with Crippen molar-refractivity contribution in [3.8, 4) is 0 Å². The van der Waals surface area contributed by atoms with Crippen LogP contribution in [0.1, 0.15) is 32.6 Å². The van der Waals surface area contributed by atoms with Crippen LogP contribution in [-0.2, 0) is 6.54 Å². The molecule has 1 N–H and O–H groups in total. The number of rotatable bonds is 4. The molecule has 2 bridgehead atoms. The molecule has 100 valence electrons. The lowest BCUT2D eigenvalue weighted by molar-refractivity contribution is 0.336. The molecule has 1 aromatic heterocycles. The first kappa shape index (κ1) is 12.2. The zero-order valence-electron chi connectivity index (χ0n) is 11.2. The van der Waals surface area contributed by atoms with Crippen molar-refractivity contribution in [2.45, 2.75) is 39.2 Å². The number of hydrogen-bond acceptors (Lipinski definition) is 3. The maximum atomic E-state index is 5.25. The van der Waals surface area contributed by atoms with Crippen molar-refractivity contribution in [3.63, 3.8) is 0 Å². The predicted octanol–water partition coefficient (Wildman–Crippen LogP) is 2.83. The van der Waals surface area contributed by atoms with Crippen LogP contribution in [0.15, 0.2) is 0 Å². The molecule has 2 aliphatic carbocycles. The number of nitrogens with zero attached hydrogens (tertiary/aromatic N) is 3. The SMILES string of the molecule is CCn1c(N(C)CC2CC3CCC2C3)n[nH]c1=S. The van der Waals surface area contributed by atoms with Gasteiger partial charge in [-0.25, -0.2) is 5.10 Å². The Hall–Kier alpha value is -0.840. The van der Waals surface area contributed by atoms with Crippen LogP contribution in [0.25, 0.3) is 0 Å². The smallest absolute Gasteiger partial charge is 0.225 e. The van der Waals surface area contributed by atoms with Gasteiger partial charge in [0, 0.05) is 20.1 Å². The van der Waals surface area contributed by atoms with E-state index in [1.54, 1.807) is 0 Å². The van der Waals surface area contributed by atoms with Gasteiger partial charge in [-0.3, -0.25) is 4.57 Å². The summed E-state index contributed by atoms with van der Waals surface area (Å²) >= 11 is 5.25. The fraction of sp³-hybridized carbons (Fsp3) is 0.846. The number of fused-ring (bicyclic) bond motifs is 2. The molecule has 1 heterocycles. The molecule has 3 rings (SSSR count). The summed E-state index contributed by atoms with van der Waals surface area (Å²) in [5, 5.41) is 7.26. The normalized spacial score (nSPS) is 30.0. The van der Waals surface area contributed by atoms with E-state index in [1.807, 2.05) is 0 Å². The minimum Gasteiger partial charge on any atom is -0.344 e. The van der Waals surface area contributed by atoms with E-state index in [0.29, 0.717) is 0 Å². The molecule has 0 aliphatic heterocycles. The Morgan fingerprint density at radius 3 is 2.89 bits per heavy atom. The fourth-order valence-electron chi connectivity index (χ4n) is 3.92. The molecular formula is C13H22N4S. The Kier molecular flexibility index (Phi) is 3.18. The molecular weight excluding hydrogens is 244 g/mol. The summed E-state index contributed by atoms with van der Waals surface area (Å²) in [5.74, 6) is 3.84. The van der Waals surface area contributed by atoms with Crippen molar-refractivity contribution in [1.82, 2.24) is 14.8 Å². The molecule has 18 heavy (non-hydrogen) atoms. The highest BCUT2D eigenvalue weighted by Crippen LogP contribution is 2.48. The lowest BCUT2D eigenvalue weighted by atomic mass is 9.88. The second-order valence-corrected chi connectivity index (χ2v) is 6.28. The Morgan fingerprint density at radius 2 is 2.28 bits per heavy atom. The zero-order valence-corrected chi connectivity index (χ0v) is 12.0. The summed E-state index contributed by atoms with van der Waals surface area (Å²) < 4.78 is 2.80. The van der Waals surface area contributed by atoms with Gasteiger partial charge in [0.2, 0.25) is 5.95 Å². The highest BCUT2D eigenvalue weighted by molar-refractivity contribution is 7.71. The molecule has 1 aromatic rings. The lowest BCUT2D eigenvalue weighted by Gasteiger charge is -2.27. The van der Waals surface area contributed by atoms with Crippen molar-refractivity contribution in [2.24, 2.45) is 17.8 Å². The van der Waals surface area contributed by atoms with Gasteiger partial charge in [0.15, 0.2) is 4.77 Å². The van der Waals surface area contributed by atoms with Gasteiger partial charge in [-0.05, 0) is 56.2 Å². The molecule has 2 fully saturated rings. The largest absolute Gasteiger partial charge is 0.344 e. The Bertz CT molecular complexity index is 478. The van der Waals surface area contributed by atoms with Gasteiger partial charge < -0.3 is 4.90 Å². The van der Waals surface area contributed by atoms with E-state index in [1.165, 1.54) is 25.7 Å². The molecule has 0 aromatic carbocycles. The van der Waals surface area contributed by atoms with Crippen LogP contribution in [0.4, 0.5) is 5.95 Å². The predicted molar refractivity (Wildman–Crippen MR) is 75.3 cm³/mol. The van der Waals surface area contributed by atoms with Crippen LogP contribution >= 0.6 is 12.2 Å². The number of H-pyrrole nitrogens is 1. The summed E-state index contributed by atoms with van der Waals surface area (Å²) in [6.45, 7) is 4.12. The lowest BCUT2D eigenvalue weighted by Crippen LogP contribution is -2.30. The summed E-state index contributed by atoms with van der Waals surface area (Å²) in [4.78, 5) is 2.28. The van der Waals surface area contributed by atoms with E-state index in [-0.39, 0.29) is 0 Å². The zero-order chi connectivity index (χ0) is 12.7. The van der Waals surface area contributed by atoms with Crippen LogP contribution in [0.3, 0.4) is 0 Å². The minimum absolute atomic E-state index is 0.729. The maximum absolute atomic E-state index is 5.25. The molecule has 2 aliphatic rings. The summed E-state index contributed by atoms with van der Waals surface area (Å²) in [7, 11) is 2.14. The van der Waals surface area contributed by atoms with Gasteiger partial charge >= 0.3 is 0 Å².